The standard InChI is InChI=1S/C27H31N3O/c28-25-16-8-7-15-24(25)27(31)29-18-9-10-21-17-19-30(20-21)26(22-11-3-1-4-12-22)23-13-5-2-6-14-23/h1-8,11-16,21,26H,9-10,17-20,28H2,(H,29,31). The van der Waals surface area contributed by atoms with Gasteiger partial charge in [0.1, 0.15) is 0 Å². The molecule has 31 heavy (non-hydrogen) atoms. The maximum atomic E-state index is 12.3. The molecule has 4 rings (SSSR count). The molecule has 1 saturated heterocycles. The lowest BCUT2D eigenvalue weighted by atomic mass is 9.97. The van der Waals surface area contributed by atoms with Gasteiger partial charge < -0.3 is 11.1 Å². The molecule has 0 spiro atoms. The van der Waals surface area contributed by atoms with Crippen molar-refractivity contribution in [3.8, 4) is 0 Å². The van der Waals surface area contributed by atoms with Crippen molar-refractivity contribution >= 4 is 11.6 Å². The number of nitrogens with zero attached hydrogens (tertiary/aromatic N) is 1. The number of rotatable bonds is 8. The van der Waals surface area contributed by atoms with Crippen LogP contribution in [-0.4, -0.2) is 30.4 Å². The van der Waals surface area contributed by atoms with Crippen molar-refractivity contribution in [1.29, 1.82) is 0 Å². The predicted molar refractivity (Wildman–Crippen MR) is 127 cm³/mol. The Labute approximate surface area is 185 Å². The van der Waals surface area contributed by atoms with Crippen molar-refractivity contribution in [2.24, 2.45) is 5.92 Å². The van der Waals surface area contributed by atoms with Crippen LogP contribution in [0.3, 0.4) is 0 Å². The van der Waals surface area contributed by atoms with E-state index in [1.807, 2.05) is 12.1 Å². The Morgan fingerprint density at radius 1 is 0.935 bits per heavy atom. The summed E-state index contributed by atoms with van der Waals surface area (Å²) in [6.45, 7) is 2.88. The number of carbonyl (C=O) groups is 1. The Morgan fingerprint density at radius 3 is 2.19 bits per heavy atom. The van der Waals surface area contributed by atoms with Crippen LogP contribution in [-0.2, 0) is 0 Å². The summed E-state index contributed by atoms with van der Waals surface area (Å²) in [4.78, 5) is 14.9. The molecule has 4 heteroatoms. The van der Waals surface area contributed by atoms with Crippen molar-refractivity contribution in [3.05, 3.63) is 102 Å². The third kappa shape index (κ3) is 5.33. The predicted octanol–water partition coefficient (Wildman–Crippen LogP) is 4.89. The molecule has 1 heterocycles. The number of carbonyl (C=O) groups excluding carboxylic acids is 1. The largest absolute Gasteiger partial charge is 0.398 e. The molecule has 0 radical (unpaired) electrons. The van der Waals surface area contributed by atoms with E-state index < -0.39 is 0 Å². The molecule has 1 aliphatic heterocycles. The highest BCUT2D eigenvalue weighted by Gasteiger charge is 2.29. The van der Waals surface area contributed by atoms with E-state index in [0.717, 1.165) is 25.9 Å². The summed E-state index contributed by atoms with van der Waals surface area (Å²) in [6, 6.07) is 29.1. The summed E-state index contributed by atoms with van der Waals surface area (Å²) in [5.41, 5.74) is 9.68. The van der Waals surface area contributed by atoms with E-state index >= 15 is 0 Å². The van der Waals surface area contributed by atoms with Gasteiger partial charge in [-0.3, -0.25) is 9.69 Å². The number of hydrogen-bond donors (Lipinski definition) is 2. The highest BCUT2D eigenvalue weighted by atomic mass is 16.1. The van der Waals surface area contributed by atoms with Crippen LogP contribution in [0.5, 0.6) is 0 Å². The number of hydrogen-bond acceptors (Lipinski definition) is 3. The van der Waals surface area contributed by atoms with Crippen LogP contribution in [0.4, 0.5) is 5.69 Å². The number of amides is 1. The van der Waals surface area contributed by atoms with E-state index in [2.05, 4.69) is 70.9 Å². The van der Waals surface area contributed by atoms with Crippen LogP contribution in [0.15, 0.2) is 84.9 Å². The first kappa shape index (κ1) is 21.1. The number of nitrogens with two attached hydrogens (primary N) is 1. The average Bonchev–Trinajstić information content (AvgIpc) is 3.27. The zero-order chi connectivity index (χ0) is 21.5. The molecule has 3 N–H and O–H groups in total. The molecule has 3 aromatic carbocycles. The van der Waals surface area contributed by atoms with Crippen molar-refractivity contribution in [3.63, 3.8) is 0 Å². The van der Waals surface area contributed by atoms with Gasteiger partial charge in [-0.1, -0.05) is 72.8 Å². The zero-order valence-electron chi connectivity index (χ0n) is 17.9. The van der Waals surface area contributed by atoms with Gasteiger partial charge in [0.2, 0.25) is 0 Å². The fraction of sp³-hybridized carbons (Fsp3) is 0.296. The fourth-order valence-corrected chi connectivity index (χ4v) is 4.61. The number of para-hydroxylation sites is 1. The van der Waals surface area contributed by atoms with E-state index in [0.29, 0.717) is 29.8 Å². The average molecular weight is 414 g/mol. The Balaban J connectivity index is 1.31. The Bertz CT molecular complexity index is 935. The molecular formula is C27H31N3O. The van der Waals surface area contributed by atoms with Gasteiger partial charge in [0.05, 0.1) is 11.6 Å². The second-order valence-electron chi connectivity index (χ2n) is 8.36. The maximum Gasteiger partial charge on any atom is 0.253 e. The maximum absolute atomic E-state index is 12.3. The van der Waals surface area contributed by atoms with Gasteiger partial charge in [-0.25, -0.2) is 0 Å². The van der Waals surface area contributed by atoms with Gasteiger partial charge in [0.25, 0.3) is 5.91 Å². The summed E-state index contributed by atoms with van der Waals surface area (Å²) in [5.74, 6) is 0.577. The van der Waals surface area contributed by atoms with E-state index in [-0.39, 0.29) is 5.91 Å². The molecular weight excluding hydrogens is 382 g/mol. The molecule has 1 atom stereocenters. The Hall–Kier alpha value is -3.11. The summed E-state index contributed by atoms with van der Waals surface area (Å²) in [5, 5.41) is 3.02. The first-order valence-electron chi connectivity index (χ1n) is 11.2. The third-order valence-corrected chi connectivity index (χ3v) is 6.19. The van der Waals surface area contributed by atoms with Gasteiger partial charge in [0.15, 0.2) is 0 Å². The van der Waals surface area contributed by atoms with Crippen LogP contribution in [0.1, 0.15) is 46.8 Å². The number of nitrogen functional groups attached to an aromatic ring is 1. The highest BCUT2D eigenvalue weighted by molar-refractivity contribution is 5.99. The lowest BCUT2D eigenvalue weighted by molar-refractivity contribution is 0.0953. The topological polar surface area (TPSA) is 58.4 Å². The van der Waals surface area contributed by atoms with E-state index in [9.17, 15) is 4.79 Å². The normalized spacial score (nSPS) is 16.5. The molecule has 1 aliphatic rings. The second kappa shape index (κ2) is 10.3. The van der Waals surface area contributed by atoms with Gasteiger partial charge in [-0.15, -0.1) is 0 Å². The number of nitrogens with one attached hydrogen (secondary N) is 1. The summed E-state index contributed by atoms with van der Waals surface area (Å²) >= 11 is 0. The molecule has 1 amide bonds. The minimum absolute atomic E-state index is 0.0839. The molecule has 4 nitrogen and oxygen atoms in total. The lowest BCUT2D eigenvalue weighted by Crippen LogP contribution is -2.28. The molecule has 1 unspecified atom stereocenters. The summed E-state index contributed by atoms with van der Waals surface area (Å²) < 4.78 is 0. The fourth-order valence-electron chi connectivity index (χ4n) is 4.61. The molecule has 0 bridgehead atoms. The van der Waals surface area contributed by atoms with Crippen molar-refractivity contribution < 1.29 is 4.79 Å². The zero-order valence-corrected chi connectivity index (χ0v) is 17.9. The Morgan fingerprint density at radius 2 is 1.55 bits per heavy atom. The molecule has 1 fully saturated rings. The Kier molecular flexibility index (Phi) is 7.00. The molecule has 0 aromatic heterocycles. The van der Waals surface area contributed by atoms with Crippen molar-refractivity contribution in [1.82, 2.24) is 10.2 Å². The highest BCUT2D eigenvalue weighted by Crippen LogP contribution is 2.34. The van der Waals surface area contributed by atoms with Crippen molar-refractivity contribution in [2.75, 3.05) is 25.4 Å². The molecule has 3 aromatic rings. The van der Waals surface area contributed by atoms with Gasteiger partial charge >= 0.3 is 0 Å². The summed E-state index contributed by atoms with van der Waals surface area (Å²) in [7, 11) is 0. The van der Waals surface area contributed by atoms with Crippen LogP contribution in [0.25, 0.3) is 0 Å². The first-order valence-corrected chi connectivity index (χ1v) is 11.2. The number of likely N-dealkylation sites (tertiary alicyclic amines) is 1. The molecule has 160 valence electrons. The van der Waals surface area contributed by atoms with Crippen LogP contribution >= 0.6 is 0 Å². The van der Waals surface area contributed by atoms with Gasteiger partial charge in [-0.2, -0.15) is 0 Å². The van der Waals surface area contributed by atoms with Crippen molar-refractivity contribution in [2.45, 2.75) is 25.3 Å². The molecule has 0 saturated carbocycles. The van der Waals surface area contributed by atoms with E-state index in [1.165, 1.54) is 17.5 Å². The van der Waals surface area contributed by atoms with Crippen LogP contribution in [0.2, 0.25) is 0 Å². The minimum Gasteiger partial charge on any atom is -0.398 e. The van der Waals surface area contributed by atoms with Crippen LogP contribution in [0, 0.1) is 5.92 Å². The minimum atomic E-state index is -0.0839. The second-order valence-corrected chi connectivity index (χ2v) is 8.36. The van der Waals surface area contributed by atoms with Crippen LogP contribution < -0.4 is 11.1 Å². The smallest absolute Gasteiger partial charge is 0.253 e. The lowest BCUT2D eigenvalue weighted by Gasteiger charge is -2.29. The van der Waals surface area contributed by atoms with E-state index in [1.54, 1.807) is 12.1 Å². The van der Waals surface area contributed by atoms with Gasteiger partial charge in [-0.05, 0) is 55.0 Å². The number of anilines is 1. The first-order chi connectivity index (χ1) is 15.2. The van der Waals surface area contributed by atoms with E-state index in [4.69, 9.17) is 5.73 Å². The summed E-state index contributed by atoms with van der Waals surface area (Å²) in [6.07, 6.45) is 3.31. The quantitative estimate of drug-likeness (QED) is 0.408. The monoisotopic (exact) mass is 413 g/mol. The third-order valence-electron chi connectivity index (χ3n) is 6.19. The molecule has 0 aliphatic carbocycles. The SMILES string of the molecule is Nc1ccccc1C(=O)NCCCC1CCN(C(c2ccccc2)c2ccccc2)C1. The van der Waals surface area contributed by atoms with Gasteiger partial charge in [0, 0.05) is 18.8 Å². The number of benzene rings is 3.